The van der Waals surface area contributed by atoms with Gasteiger partial charge < -0.3 is 15.0 Å². The molecule has 0 radical (unpaired) electrons. The molecular weight excluding hydrogens is 463 g/mol. The van der Waals surface area contributed by atoms with Crippen molar-refractivity contribution in [1.82, 2.24) is 20.0 Å². The van der Waals surface area contributed by atoms with Gasteiger partial charge in [0.2, 0.25) is 0 Å². The van der Waals surface area contributed by atoms with E-state index < -0.39 is 17.8 Å². The number of piperazine rings is 1. The van der Waals surface area contributed by atoms with Gasteiger partial charge in [0.25, 0.3) is 5.91 Å². The first kappa shape index (κ1) is 25.4. The molecule has 2 aromatic rings. The lowest BCUT2D eigenvalue weighted by Crippen LogP contribution is -2.56. The summed E-state index contributed by atoms with van der Waals surface area (Å²) in [7, 11) is 1.64. The van der Waals surface area contributed by atoms with E-state index in [0.717, 1.165) is 5.56 Å². The molecule has 8 nitrogen and oxygen atoms in total. The highest BCUT2D eigenvalue weighted by molar-refractivity contribution is 5.95. The van der Waals surface area contributed by atoms with Crippen LogP contribution in [0.1, 0.15) is 35.8 Å². The van der Waals surface area contributed by atoms with Gasteiger partial charge >= 0.3 is 12.0 Å². The van der Waals surface area contributed by atoms with E-state index in [4.69, 9.17) is 4.74 Å². The molecule has 3 amide bonds. The zero-order valence-corrected chi connectivity index (χ0v) is 20.7. The average Bonchev–Trinajstić information content (AvgIpc) is 2.87. The molecular formula is C27H31FN4O4. The van der Waals surface area contributed by atoms with Gasteiger partial charge in [0.05, 0.1) is 18.2 Å². The molecule has 2 aliphatic rings. The minimum atomic E-state index is -0.628. The topological polar surface area (TPSA) is 82.2 Å². The second-order valence-corrected chi connectivity index (χ2v) is 9.03. The number of rotatable bonds is 6. The van der Waals surface area contributed by atoms with Crippen LogP contribution in [-0.2, 0) is 9.53 Å². The average molecular weight is 495 g/mol. The second kappa shape index (κ2) is 10.9. The first-order chi connectivity index (χ1) is 17.3. The van der Waals surface area contributed by atoms with E-state index >= 15 is 0 Å². The van der Waals surface area contributed by atoms with Crippen LogP contribution in [0.5, 0.6) is 0 Å². The van der Waals surface area contributed by atoms with E-state index in [1.165, 1.54) is 23.1 Å². The van der Waals surface area contributed by atoms with Crippen LogP contribution < -0.4 is 5.32 Å². The number of benzene rings is 2. The van der Waals surface area contributed by atoms with Gasteiger partial charge in [-0.2, -0.15) is 0 Å². The van der Waals surface area contributed by atoms with E-state index in [-0.39, 0.29) is 24.6 Å². The maximum absolute atomic E-state index is 13.6. The van der Waals surface area contributed by atoms with Crippen LogP contribution in [0.25, 0.3) is 0 Å². The molecule has 36 heavy (non-hydrogen) atoms. The normalized spacial score (nSPS) is 20.8. The van der Waals surface area contributed by atoms with Gasteiger partial charge in [0, 0.05) is 50.5 Å². The van der Waals surface area contributed by atoms with Crippen molar-refractivity contribution in [3.05, 3.63) is 82.8 Å². The Hall–Kier alpha value is -3.72. The molecule has 0 aromatic heterocycles. The van der Waals surface area contributed by atoms with Crippen LogP contribution in [0.2, 0.25) is 0 Å². The summed E-state index contributed by atoms with van der Waals surface area (Å²) in [5.41, 5.74) is 2.08. The van der Waals surface area contributed by atoms with Crippen molar-refractivity contribution in [2.75, 3.05) is 39.8 Å². The number of carbonyl (C=O) groups is 3. The summed E-state index contributed by atoms with van der Waals surface area (Å²) in [6, 6.07) is 14.0. The van der Waals surface area contributed by atoms with Gasteiger partial charge in [0.1, 0.15) is 5.82 Å². The lowest BCUT2D eigenvalue weighted by molar-refractivity contribution is -0.139. The number of amides is 3. The quantitative estimate of drug-likeness (QED) is 0.624. The van der Waals surface area contributed by atoms with Crippen LogP contribution in [0.3, 0.4) is 0 Å². The van der Waals surface area contributed by atoms with Crippen molar-refractivity contribution in [2.45, 2.75) is 25.9 Å². The number of carbonyl (C=O) groups excluding carboxylic acids is 3. The number of urea groups is 1. The predicted molar refractivity (Wildman–Crippen MR) is 132 cm³/mol. The Bertz CT molecular complexity index is 1170. The summed E-state index contributed by atoms with van der Waals surface area (Å²) in [5.74, 6) is -1.13. The number of nitrogens with zero attached hydrogens (tertiary/aromatic N) is 3. The number of hydrogen-bond acceptors (Lipinski definition) is 5. The molecule has 4 rings (SSSR count). The molecule has 1 fully saturated rings. The van der Waals surface area contributed by atoms with E-state index in [9.17, 15) is 18.8 Å². The zero-order valence-electron chi connectivity index (χ0n) is 20.7. The summed E-state index contributed by atoms with van der Waals surface area (Å²) >= 11 is 0. The van der Waals surface area contributed by atoms with Crippen LogP contribution in [0.15, 0.2) is 65.9 Å². The highest BCUT2D eigenvalue weighted by atomic mass is 19.1. The van der Waals surface area contributed by atoms with Crippen molar-refractivity contribution in [3.8, 4) is 0 Å². The molecule has 2 unspecified atom stereocenters. The fourth-order valence-corrected chi connectivity index (χ4v) is 4.77. The maximum atomic E-state index is 13.6. The third kappa shape index (κ3) is 5.26. The summed E-state index contributed by atoms with van der Waals surface area (Å²) in [5, 5.41) is 2.92. The fraction of sp³-hybridized carbons (Fsp3) is 0.370. The third-order valence-corrected chi connectivity index (χ3v) is 6.62. The SMILES string of the molecule is CCOC(=O)C1=C(CN2CCN(C(=O)c3cccc(F)c3)C(C)C2)N(C)C(=O)NC1c1ccccc1. The van der Waals surface area contributed by atoms with Gasteiger partial charge in [-0.05, 0) is 37.6 Å². The Morgan fingerprint density at radius 3 is 2.53 bits per heavy atom. The first-order valence-corrected chi connectivity index (χ1v) is 12.1. The molecule has 9 heteroatoms. The molecule has 0 aliphatic carbocycles. The van der Waals surface area contributed by atoms with E-state index in [1.54, 1.807) is 24.9 Å². The van der Waals surface area contributed by atoms with Crippen molar-refractivity contribution < 1.29 is 23.5 Å². The van der Waals surface area contributed by atoms with Gasteiger partial charge in [-0.1, -0.05) is 36.4 Å². The van der Waals surface area contributed by atoms with E-state index in [2.05, 4.69) is 10.2 Å². The monoisotopic (exact) mass is 494 g/mol. The number of esters is 1. The maximum Gasteiger partial charge on any atom is 0.338 e. The van der Waals surface area contributed by atoms with Gasteiger partial charge in [-0.25, -0.2) is 14.0 Å². The molecule has 0 spiro atoms. The largest absolute Gasteiger partial charge is 0.463 e. The Balaban J connectivity index is 1.58. The molecule has 2 atom stereocenters. The van der Waals surface area contributed by atoms with Crippen molar-refractivity contribution in [3.63, 3.8) is 0 Å². The minimum Gasteiger partial charge on any atom is -0.463 e. The smallest absolute Gasteiger partial charge is 0.338 e. The summed E-state index contributed by atoms with van der Waals surface area (Å²) in [6.07, 6.45) is 0. The lowest BCUT2D eigenvalue weighted by atomic mass is 9.94. The Morgan fingerprint density at radius 2 is 1.86 bits per heavy atom. The van der Waals surface area contributed by atoms with Gasteiger partial charge in [-0.15, -0.1) is 0 Å². The Kier molecular flexibility index (Phi) is 7.69. The molecule has 190 valence electrons. The van der Waals surface area contributed by atoms with Crippen molar-refractivity contribution in [1.29, 1.82) is 0 Å². The first-order valence-electron chi connectivity index (χ1n) is 12.1. The van der Waals surface area contributed by atoms with E-state index in [0.29, 0.717) is 43.0 Å². The van der Waals surface area contributed by atoms with E-state index in [1.807, 2.05) is 37.3 Å². The van der Waals surface area contributed by atoms with Gasteiger partial charge in [-0.3, -0.25) is 14.6 Å². The molecule has 1 saturated heterocycles. The Morgan fingerprint density at radius 1 is 1.11 bits per heavy atom. The molecule has 2 aliphatic heterocycles. The molecule has 0 bridgehead atoms. The van der Waals surface area contributed by atoms with Crippen LogP contribution in [0.4, 0.5) is 9.18 Å². The highest BCUT2D eigenvalue weighted by Crippen LogP contribution is 2.31. The van der Waals surface area contributed by atoms with Crippen molar-refractivity contribution >= 4 is 17.9 Å². The number of nitrogens with one attached hydrogen (secondary N) is 1. The number of halogens is 1. The van der Waals surface area contributed by atoms with Crippen LogP contribution >= 0.6 is 0 Å². The third-order valence-electron chi connectivity index (χ3n) is 6.62. The molecule has 0 saturated carbocycles. The van der Waals surface area contributed by atoms with Crippen molar-refractivity contribution in [2.24, 2.45) is 0 Å². The zero-order chi connectivity index (χ0) is 25.8. The lowest BCUT2D eigenvalue weighted by Gasteiger charge is -2.42. The fourth-order valence-electron chi connectivity index (χ4n) is 4.77. The summed E-state index contributed by atoms with van der Waals surface area (Å²) in [6.45, 7) is 5.75. The number of hydrogen-bond donors (Lipinski definition) is 1. The van der Waals surface area contributed by atoms with Crippen LogP contribution in [-0.4, -0.2) is 78.5 Å². The highest BCUT2D eigenvalue weighted by Gasteiger charge is 2.38. The molecule has 2 heterocycles. The molecule has 1 N–H and O–H groups in total. The number of likely N-dealkylation sites (N-methyl/N-ethyl adjacent to an activating group) is 1. The van der Waals surface area contributed by atoms with Crippen LogP contribution in [0, 0.1) is 5.82 Å². The Labute approximate surface area is 210 Å². The minimum absolute atomic E-state index is 0.145. The number of ether oxygens (including phenoxy) is 1. The standard InChI is InChI=1S/C27H31FN4O4/c1-4-36-26(34)23-22(30(3)27(35)29-24(23)19-9-6-5-7-10-19)17-31-13-14-32(18(2)16-31)25(33)20-11-8-12-21(28)15-20/h5-12,15,18,24H,4,13-14,16-17H2,1-3H3,(H,29,35). The predicted octanol–water partition coefficient (Wildman–Crippen LogP) is 3.19. The summed E-state index contributed by atoms with van der Waals surface area (Å²) < 4.78 is 19.0. The molecule has 2 aromatic carbocycles. The van der Waals surface area contributed by atoms with Gasteiger partial charge in [0.15, 0.2) is 0 Å². The second-order valence-electron chi connectivity index (χ2n) is 9.03. The summed E-state index contributed by atoms with van der Waals surface area (Å²) in [4.78, 5) is 44.3.